The van der Waals surface area contributed by atoms with Crippen LogP contribution in [0.3, 0.4) is 0 Å². The molecule has 0 spiro atoms. The summed E-state index contributed by atoms with van der Waals surface area (Å²) < 4.78 is 5.47. The first-order chi connectivity index (χ1) is 13.3. The second-order valence-electron chi connectivity index (χ2n) is 5.58. The van der Waals surface area contributed by atoms with E-state index >= 15 is 0 Å². The van der Waals surface area contributed by atoms with Gasteiger partial charge in [0.25, 0.3) is 16.8 Å². The van der Waals surface area contributed by atoms with Gasteiger partial charge in [0, 0.05) is 13.1 Å². The third kappa shape index (κ3) is 3.83. The van der Waals surface area contributed by atoms with Crippen LogP contribution in [0.25, 0.3) is 6.08 Å². The lowest BCUT2D eigenvalue weighted by Gasteiger charge is -2.06. The van der Waals surface area contributed by atoms with Crippen LogP contribution in [-0.2, 0) is 4.79 Å². The number of likely N-dealkylation sites (N-methyl/N-ethyl adjacent to an activating group) is 1. The normalized spacial score (nSPS) is 15.2. The Kier molecular flexibility index (Phi) is 5.09. The van der Waals surface area contributed by atoms with Crippen LogP contribution in [0.1, 0.15) is 5.56 Å². The Hall–Kier alpha value is -3.73. The predicted octanol–water partition coefficient (Wildman–Crippen LogP) is 3.96. The third-order valence-electron chi connectivity index (χ3n) is 3.74. The highest BCUT2D eigenvalue weighted by Gasteiger charge is 2.31. The monoisotopic (exact) mass is 401 g/mol. The minimum Gasteiger partial charge on any atom is -0.450 e. The number of amides is 2. The zero-order valence-corrected chi connectivity index (χ0v) is 15.0. The number of benzene rings is 2. The molecule has 1 fully saturated rings. The largest absolute Gasteiger partial charge is 0.450 e. The number of thioether (sulfide) groups is 1. The van der Waals surface area contributed by atoms with Gasteiger partial charge in [0.2, 0.25) is 5.75 Å². The first-order valence-electron chi connectivity index (χ1n) is 7.68. The number of rotatable bonds is 5. The van der Waals surface area contributed by atoms with Crippen LogP contribution < -0.4 is 4.74 Å². The fraction of sp³-hybridized carbons (Fsp3) is 0.0588. The summed E-state index contributed by atoms with van der Waals surface area (Å²) in [7, 11) is 1.40. The fourth-order valence-electron chi connectivity index (χ4n) is 2.30. The van der Waals surface area contributed by atoms with Crippen LogP contribution in [0, 0.1) is 20.2 Å². The predicted molar refractivity (Wildman–Crippen MR) is 100 cm³/mol. The van der Waals surface area contributed by atoms with Gasteiger partial charge in [-0.05, 0) is 41.6 Å². The molecule has 142 valence electrons. The molecule has 0 radical (unpaired) electrons. The highest BCUT2D eigenvalue weighted by atomic mass is 32.2. The molecule has 10 nitrogen and oxygen atoms in total. The van der Waals surface area contributed by atoms with Crippen molar-refractivity contribution in [3.8, 4) is 11.5 Å². The van der Waals surface area contributed by atoms with Crippen molar-refractivity contribution in [2.24, 2.45) is 0 Å². The molecule has 0 bridgehead atoms. The molecular weight excluding hydrogens is 390 g/mol. The van der Waals surface area contributed by atoms with E-state index in [9.17, 15) is 29.8 Å². The van der Waals surface area contributed by atoms with Crippen molar-refractivity contribution in [1.29, 1.82) is 0 Å². The summed E-state index contributed by atoms with van der Waals surface area (Å²) in [6.07, 6.45) is 1.55. The average Bonchev–Trinajstić information content (AvgIpc) is 2.90. The van der Waals surface area contributed by atoms with Gasteiger partial charge in [0.1, 0.15) is 5.75 Å². The molecular formula is C17H11N3O7S. The second kappa shape index (κ2) is 7.48. The summed E-state index contributed by atoms with van der Waals surface area (Å²) in [6, 6.07) is 9.34. The van der Waals surface area contributed by atoms with Gasteiger partial charge in [-0.15, -0.1) is 0 Å². The van der Waals surface area contributed by atoms with E-state index in [-0.39, 0.29) is 21.6 Å². The lowest BCUT2D eigenvalue weighted by Crippen LogP contribution is -2.22. The Balaban J connectivity index is 1.82. The molecule has 2 aromatic carbocycles. The molecule has 0 atom stereocenters. The second-order valence-corrected chi connectivity index (χ2v) is 6.57. The summed E-state index contributed by atoms with van der Waals surface area (Å²) in [5, 5.41) is 21.6. The van der Waals surface area contributed by atoms with Crippen molar-refractivity contribution in [3.05, 3.63) is 73.2 Å². The van der Waals surface area contributed by atoms with Gasteiger partial charge in [-0.3, -0.25) is 34.7 Å². The third-order valence-corrected chi connectivity index (χ3v) is 4.70. The summed E-state index contributed by atoms with van der Waals surface area (Å²) in [4.78, 5) is 45.1. The van der Waals surface area contributed by atoms with Gasteiger partial charge in [-0.25, -0.2) is 0 Å². The van der Waals surface area contributed by atoms with Crippen LogP contribution in [0.5, 0.6) is 11.5 Å². The van der Waals surface area contributed by atoms with Crippen molar-refractivity contribution in [3.63, 3.8) is 0 Å². The summed E-state index contributed by atoms with van der Waals surface area (Å²) >= 11 is 0.830. The number of ether oxygens (including phenoxy) is 1. The Morgan fingerprint density at radius 3 is 2.25 bits per heavy atom. The smallest absolute Gasteiger partial charge is 0.318 e. The number of imide groups is 1. The van der Waals surface area contributed by atoms with Gasteiger partial charge in [-0.1, -0.05) is 12.1 Å². The molecule has 0 saturated carbocycles. The molecule has 0 aliphatic carbocycles. The fourth-order valence-corrected chi connectivity index (χ4v) is 3.13. The van der Waals surface area contributed by atoms with E-state index in [1.54, 1.807) is 18.2 Å². The van der Waals surface area contributed by atoms with Crippen molar-refractivity contribution in [1.82, 2.24) is 4.90 Å². The maximum absolute atomic E-state index is 11.9. The van der Waals surface area contributed by atoms with Gasteiger partial charge in [-0.2, -0.15) is 0 Å². The summed E-state index contributed by atoms with van der Waals surface area (Å²) in [6.45, 7) is 0. The van der Waals surface area contributed by atoms with Gasteiger partial charge < -0.3 is 4.74 Å². The van der Waals surface area contributed by atoms with Crippen molar-refractivity contribution >= 4 is 40.4 Å². The molecule has 1 aliphatic rings. The minimum absolute atomic E-state index is 0.143. The Morgan fingerprint density at radius 1 is 1.04 bits per heavy atom. The Bertz CT molecular complexity index is 1030. The zero-order valence-electron chi connectivity index (χ0n) is 14.2. The molecule has 1 aliphatic heterocycles. The summed E-state index contributed by atoms with van der Waals surface area (Å²) in [5.74, 6) is -0.273. The maximum Gasteiger partial charge on any atom is 0.318 e. The molecule has 0 aromatic heterocycles. The van der Waals surface area contributed by atoms with Gasteiger partial charge >= 0.3 is 5.69 Å². The van der Waals surface area contributed by atoms with Gasteiger partial charge in [0.05, 0.1) is 20.8 Å². The number of nitro benzene ring substituents is 2. The Morgan fingerprint density at radius 2 is 1.71 bits per heavy atom. The van der Waals surface area contributed by atoms with Crippen LogP contribution in [0.4, 0.5) is 16.2 Å². The van der Waals surface area contributed by atoms with E-state index in [2.05, 4.69) is 0 Å². The molecule has 0 N–H and O–H groups in total. The van der Waals surface area contributed by atoms with Crippen molar-refractivity contribution in [2.75, 3.05) is 7.05 Å². The van der Waals surface area contributed by atoms with E-state index in [4.69, 9.17) is 4.74 Å². The van der Waals surface area contributed by atoms with Crippen LogP contribution >= 0.6 is 11.8 Å². The number of hydrogen-bond donors (Lipinski definition) is 0. The van der Waals surface area contributed by atoms with E-state index in [0.717, 1.165) is 34.9 Å². The Labute approximate surface area is 161 Å². The zero-order chi connectivity index (χ0) is 20.4. The number of carbonyl (C=O) groups excluding carboxylic acids is 2. The molecule has 28 heavy (non-hydrogen) atoms. The highest BCUT2D eigenvalue weighted by molar-refractivity contribution is 8.18. The molecule has 1 saturated heterocycles. The van der Waals surface area contributed by atoms with E-state index in [0.29, 0.717) is 5.56 Å². The van der Waals surface area contributed by atoms with Crippen LogP contribution in [0.2, 0.25) is 0 Å². The van der Waals surface area contributed by atoms with E-state index < -0.39 is 27.1 Å². The van der Waals surface area contributed by atoms with Crippen LogP contribution in [0.15, 0.2) is 47.4 Å². The molecule has 11 heteroatoms. The van der Waals surface area contributed by atoms with Crippen molar-refractivity contribution in [2.45, 2.75) is 0 Å². The topological polar surface area (TPSA) is 133 Å². The first kappa shape index (κ1) is 19.0. The molecule has 2 aromatic rings. The lowest BCUT2D eigenvalue weighted by atomic mass is 10.2. The van der Waals surface area contributed by atoms with E-state index in [1.165, 1.54) is 19.2 Å². The number of carbonyl (C=O) groups is 2. The number of nitro groups is 2. The average molecular weight is 401 g/mol. The number of nitrogens with zero attached hydrogens (tertiary/aromatic N) is 3. The molecule has 3 rings (SSSR count). The van der Waals surface area contributed by atoms with E-state index in [1.807, 2.05) is 0 Å². The quantitative estimate of drug-likeness (QED) is 0.417. The molecule has 0 unspecified atom stereocenters. The number of non-ortho nitro benzene ring substituents is 1. The standard InChI is InChI=1S/C17H11N3O7S/c1-18-16(21)15(28-17(18)22)8-10-2-5-12(6-3-10)27-14-7-4-11(19(23)24)9-13(14)20(25)26/h2-9H,1H3/b15-8+. The number of hydrogen-bond acceptors (Lipinski definition) is 8. The van der Waals surface area contributed by atoms with Crippen LogP contribution in [-0.4, -0.2) is 32.9 Å². The molecule has 2 amide bonds. The minimum atomic E-state index is -0.766. The highest BCUT2D eigenvalue weighted by Crippen LogP contribution is 2.35. The maximum atomic E-state index is 11.9. The first-order valence-corrected chi connectivity index (χ1v) is 8.50. The molecule has 1 heterocycles. The van der Waals surface area contributed by atoms with Crippen molar-refractivity contribution < 1.29 is 24.2 Å². The summed E-state index contributed by atoms with van der Waals surface area (Å²) in [5.41, 5.74) is -0.321. The SMILES string of the molecule is CN1C(=O)S/C(=C/c2ccc(Oc3ccc([N+](=O)[O-])cc3[N+](=O)[O-])cc2)C1=O. The van der Waals surface area contributed by atoms with Gasteiger partial charge in [0.15, 0.2) is 0 Å². The lowest BCUT2D eigenvalue weighted by molar-refractivity contribution is -0.394.